The van der Waals surface area contributed by atoms with Gasteiger partial charge in [0, 0.05) is 12.7 Å². The fourth-order valence-electron chi connectivity index (χ4n) is 0.791. The predicted molar refractivity (Wildman–Crippen MR) is 45.5 cm³/mol. The van der Waals surface area contributed by atoms with Crippen LogP contribution in [0.3, 0.4) is 0 Å². The quantitative estimate of drug-likeness (QED) is 0.789. The molecule has 0 bridgehead atoms. The molecule has 60 valence electrons. The van der Waals surface area contributed by atoms with Crippen LogP contribution in [0.1, 0.15) is 0 Å². The van der Waals surface area contributed by atoms with Crippen molar-refractivity contribution < 1.29 is 5.11 Å². The molecule has 0 amide bonds. The molecule has 1 aromatic rings. The van der Waals surface area contributed by atoms with Gasteiger partial charge in [-0.15, -0.1) is 0 Å². The SMILES string of the molecule is O=c1c(Br)cccn1CCO. The van der Waals surface area contributed by atoms with Gasteiger partial charge in [0.1, 0.15) is 0 Å². The first kappa shape index (κ1) is 8.49. The van der Waals surface area contributed by atoms with Crippen molar-refractivity contribution in [2.45, 2.75) is 6.54 Å². The summed E-state index contributed by atoms with van der Waals surface area (Å²) in [5, 5.41) is 8.56. The van der Waals surface area contributed by atoms with E-state index >= 15 is 0 Å². The zero-order chi connectivity index (χ0) is 8.27. The Kier molecular flexibility index (Phi) is 2.84. The number of pyridine rings is 1. The Bertz CT molecular complexity index is 295. The predicted octanol–water partition coefficient (Wildman–Crippen LogP) is 0.603. The maximum atomic E-state index is 11.2. The minimum Gasteiger partial charge on any atom is -0.395 e. The van der Waals surface area contributed by atoms with Crippen LogP contribution in [0.4, 0.5) is 0 Å². The molecule has 1 heterocycles. The summed E-state index contributed by atoms with van der Waals surface area (Å²) >= 11 is 3.10. The molecular formula is C7H8BrNO2. The van der Waals surface area contributed by atoms with E-state index in [9.17, 15) is 4.79 Å². The third-order valence-corrected chi connectivity index (χ3v) is 1.92. The Balaban J connectivity index is 3.07. The van der Waals surface area contributed by atoms with E-state index in [4.69, 9.17) is 5.11 Å². The molecule has 3 nitrogen and oxygen atoms in total. The summed E-state index contributed by atoms with van der Waals surface area (Å²) in [6, 6.07) is 3.43. The van der Waals surface area contributed by atoms with E-state index in [0.29, 0.717) is 11.0 Å². The number of aliphatic hydroxyl groups is 1. The highest BCUT2D eigenvalue weighted by Crippen LogP contribution is 1.99. The molecule has 0 radical (unpaired) electrons. The van der Waals surface area contributed by atoms with Gasteiger partial charge in [-0.05, 0) is 28.1 Å². The van der Waals surface area contributed by atoms with E-state index in [1.165, 1.54) is 4.57 Å². The Morgan fingerprint density at radius 2 is 2.36 bits per heavy atom. The van der Waals surface area contributed by atoms with Gasteiger partial charge in [-0.2, -0.15) is 0 Å². The first-order valence-corrected chi connectivity index (χ1v) is 4.01. The van der Waals surface area contributed by atoms with Crippen molar-refractivity contribution in [1.82, 2.24) is 4.57 Å². The molecular weight excluding hydrogens is 210 g/mol. The van der Waals surface area contributed by atoms with Gasteiger partial charge in [-0.1, -0.05) is 0 Å². The van der Waals surface area contributed by atoms with Gasteiger partial charge >= 0.3 is 0 Å². The lowest BCUT2D eigenvalue weighted by atomic mass is 10.5. The molecule has 0 aliphatic heterocycles. The van der Waals surface area contributed by atoms with Crippen LogP contribution in [-0.2, 0) is 6.54 Å². The topological polar surface area (TPSA) is 42.2 Å². The van der Waals surface area contributed by atoms with E-state index in [1.54, 1.807) is 18.3 Å². The third kappa shape index (κ3) is 1.91. The van der Waals surface area contributed by atoms with Gasteiger partial charge < -0.3 is 9.67 Å². The lowest BCUT2D eigenvalue weighted by molar-refractivity contribution is 0.274. The molecule has 0 aliphatic rings. The third-order valence-electron chi connectivity index (χ3n) is 1.31. The number of hydrogen-bond acceptors (Lipinski definition) is 2. The van der Waals surface area contributed by atoms with Crippen LogP contribution in [0.2, 0.25) is 0 Å². The van der Waals surface area contributed by atoms with Crippen molar-refractivity contribution in [2.24, 2.45) is 0 Å². The molecule has 4 heteroatoms. The van der Waals surface area contributed by atoms with Gasteiger partial charge in [0.2, 0.25) is 0 Å². The standard InChI is InChI=1S/C7H8BrNO2/c8-6-2-1-3-9(4-5-10)7(6)11/h1-3,10H,4-5H2. The second kappa shape index (κ2) is 3.69. The summed E-state index contributed by atoms with van der Waals surface area (Å²) in [5.74, 6) is 0. The van der Waals surface area contributed by atoms with Crippen molar-refractivity contribution >= 4 is 15.9 Å². The van der Waals surface area contributed by atoms with Crippen molar-refractivity contribution in [2.75, 3.05) is 6.61 Å². The van der Waals surface area contributed by atoms with Crippen LogP contribution in [0.15, 0.2) is 27.6 Å². The van der Waals surface area contributed by atoms with Gasteiger partial charge in [0.25, 0.3) is 5.56 Å². The fraction of sp³-hybridized carbons (Fsp3) is 0.286. The maximum absolute atomic E-state index is 11.2. The molecule has 11 heavy (non-hydrogen) atoms. The Hall–Kier alpha value is -0.610. The molecule has 0 saturated heterocycles. The van der Waals surface area contributed by atoms with Crippen LogP contribution in [0, 0.1) is 0 Å². The zero-order valence-electron chi connectivity index (χ0n) is 5.83. The normalized spacial score (nSPS) is 10.0. The number of halogens is 1. The Morgan fingerprint density at radius 3 is 3.00 bits per heavy atom. The van der Waals surface area contributed by atoms with Crippen molar-refractivity contribution in [3.8, 4) is 0 Å². The average Bonchev–Trinajstić information content (AvgIpc) is 1.99. The lowest BCUT2D eigenvalue weighted by Gasteiger charge is -2.01. The van der Waals surface area contributed by atoms with Crippen molar-refractivity contribution in [3.63, 3.8) is 0 Å². The average molecular weight is 218 g/mol. The maximum Gasteiger partial charge on any atom is 0.264 e. The molecule has 0 spiro atoms. The highest BCUT2D eigenvalue weighted by Gasteiger charge is 1.96. The molecule has 0 saturated carbocycles. The van der Waals surface area contributed by atoms with E-state index in [1.807, 2.05) is 0 Å². The molecule has 0 aliphatic carbocycles. The summed E-state index contributed by atoms with van der Waals surface area (Å²) in [7, 11) is 0. The largest absolute Gasteiger partial charge is 0.395 e. The highest BCUT2D eigenvalue weighted by atomic mass is 79.9. The second-order valence-corrected chi connectivity index (χ2v) is 2.93. The number of rotatable bonds is 2. The minimum atomic E-state index is -0.110. The van der Waals surface area contributed by atoms with Crippen LogP contribution in [0.5, 0.6) is 0 Å². The van der Waals surface area contributed by atoms with Crippen molar-refractivity contribution in [3.05, 3.63) is 33.2 Å². The highest BCUT2D eigenvalue weighted by molar-refractivity contribution is 9.10. The zero-order valence-corrected chi connectivity index (χ0v) is 7.41. The van der Waals surface area contributed by atoms with Crippen LogP contribution < -0.4 is 5.56 Å². The summed E-state index contributed by atoms with van der Waals surface area (Å²) in [6.45, 7) is 0.328. The summed E-state index contributed by atoms with van der Waals surface area (Å²) in [6.07, 6.45) is 1.64. The minimum absolute atomic E-state index is 0.0175. The smallest absolute Gasteiger partial charge is 0.264 e. The molecule has 1 N–H and O–H groups in total. The van der Waals surface area contributed by atoms with Crippen molar-refractivity contribution in [1.29, 1.82) is 0 Å². The fourth-order valence-corrected chi connectivity index (χ4v) is 1.17. The molecule has 0 aromatic carbocycles. The number of aromatic nitrogens is 1. The number of aliphatic hydroxyl groups excluding tert-OH is 1. The van der Waals surface area contributed by atoms with Gasteiger partial charge in [0.15, 0.2) is 0 Å². The Labute approximate surface area is 72.4 Å². The van der Waals surface area contributed by atoms with Gasteiger partial charge in [0.05, 0.1) is 11.1 Å². The van der Waals surface area contributed by atoms with E-state index in [0.717, 1.165) is 0 Å². The first-order valence-electron chi connectivity index (χ1n) is 3.21. The van der Waals surface area contributed by atoms with Crippen LogP contribution in [0.25, 0.3) is 0 Å². The summed E-state index contributed by atoms with van der Waals surface area (Å²) in [5.41, 5.74) is -0.110. The monoisotopic (exact) mass is 217 g/mol. The van der Waals surface area contributed by atoms with Crippen LogP contribution in [-0.4, -0.2) is 16.3 Å². The van der Waals surface area contributed by atoms with Gasteiger partial charge in [-0.25, -0.2) is 0 Å². The number of hydrogen-bond donors (Lipinski definition) is 1. The van der Waals surface area contributed by atoms with Crippen LogP contribution >= 0.6 is 15.9 Å². The molecule has 0 fully saturated rings. The molecule has 1 aromatic heterocycles. The summed E-state index contributed by atoms with van der Waals surface area (Å²) < 4.78 is 1.97. The van der Waals surface area contributed by atoms with E-state index < -0.39 is 0 Å². The summed E-state index contributed by atoms with van der Waals surface area (Å²) in [4.78, 5) is 11.2. The molecule has 0 unspecified atom stereocenters. The first-order chi connectivity index (χ1) is 5.25. The molecule has 1 rings (SSSR count). The van der Waals surface area contributed by atoms with E-state index in [2.05, 4.69) is 15.9 Å². The second-order valence-electron chi connectivity index (χ2n) is 2.08. The Morgan fingerprint density at radius 1 is 1.64 bits per heavy atom. The lowest BCUT2D eigenvalue weighted by Crippen LogP contribution is -2.21. The number of nitrogens with zero attached hydrogens (tertiary/aromatic N) is 1. The van der Waals surface area contributed by atoms with E-state index in [-0.39, 0.29) is 12.2 Å². The molecule has 0 atom stereocenters. The van der Waals surface area contributed by atoms with Gasteiger partial charge in [-0.3, -0.25) is 4.79 Å².